The minimum Gasteiger partial charge on any atom is -0.344 e. The Kier molecular flexibility index (Phi) is 13.0. The molecular weight excluding hydrogens is 206 g/mol. The van der Waals surface area contributed by atoms with Gasteiger partial charge in [-0.15, -0.1) is 0 Å². The van der Waals surface area contributed by atoms with Crippen LogP contribution in [0.2, 0.25) is 0 Å². The van der Waals surface area contributed by atoms with Crippen LogP contribution in [0.5, 0.6) is 0 Å². The zero-order valence-electron chi connectivity index (χ0n) is 7.26. The Hall–Kier alpha value is -0.740. The fourth-order valence-electron chi connectivity index (χ4n) is 0.142. The summed E-state index contributed by atoms with van der Waals surface area (Å²) in [5.74, 6) is -0.415. The third kappa shape index (κ3) is 90.9. The van der Waals surface area contributed by atoms with E-state index in [1.165, 1.54) is 6.92 Å². The van der Waals surface area contributed by atoms with Gasteiger partial charge in [-0.25, -0.2) is 4.79 Å². The van der Waals surface area contributed by atoms with Crippen molar-refractivity contribution in [2.45, 2.75) is 13.8 Å². The van der Waals surface area contributed by atoms with Crippen LogP contribution in [0.3, 0.4) is 0 Å². The molecule has 0 aliphatic carbocycles. The van der Waals surface area contributed by atoms with Crippen LogP contribution >= 0.6 is 0 Å². The summed E-state index contributed by atoms with van der Waals surface area (Å²) >= 11 is 0. The number of rotatable bonds is 2. The van der Waals surface area contributed by atoms with Crippen LogP contribution in [0.4, 0.5) is 0 Å². The predicted octanol–water partition coefficient (Wildman–Crippen LogP) is 0.0102. The molecule has 8 nitrogen and oxygen atoms in total. The van der Waals surface area contributed by atoms with Crippen molar-refractivity contribution >= 4 is 16.4 Å². The summed E-state index contributed by atoms with van der Waals surface area (Å²) in [6.45, 7) is 3.43. The molecule has 0 aromatic rings. The molecule has 0 saturated carbocycles. The molecule has 0 spiro atoms. The van der Waals surface area contributed by atoms with E-state index < -0.39 is 16.4 Å². The monoisotopic (exact) mass is 219 g/mol. The molecular formula is C4H13NO7S. The van der Waals surface area contributed by atoms with E-state index in [-0.39, 0.29) is 6.15 Å². The van der Waals surface area contributed by atoms with Crippen LogP contribution < -0.4 is 6.15 Å². The van der Waals surface area contributed by atoms with Gasteiger partial charge in [0.15, 0.2) is 0 Å². The van der Waals surface area contributed by atoms with Gasteiger partial charge in [-0.3, -0.25) is 14.0 Å². The van der Waals surface area contributed by atoms with E-state index >= 15 is 0 Å². The Labute approximate surface area is 75.9 Å². The summed E-state index contributed by atoms with van der Waals surface area (Å²) in [6, 6.07) is 0. The maximum Gasteiger partial charge on any atom is 0.394 e. The van der Waals surface area contributed by atoms with E-state index in [1.54, 1.807) is 6.92 Å². The minimum atomic E-state index is -4.67. The lowest BCUT2D eigenvalue weighted by Gasteiger charge is -1.92. The van der Waals surface area contributed by atoms with Crippen molar-refractivity contribution in [2.75, 3.05) is 6.61 Å². The Morgan fingerprint density at radius 3 is 1.77 bits per heavy atom. The van der Waals surface area contributed by atoms with E-state index in [9.17, 15) is 4.79 Å². The lowest BCUT2D eigenvalue weighted by Crippen LogP contribution is -1.98. The normalized spacial score (nSPS) is 8.92. The van der Waals surface area contributed by atoms with E-state index in [0.717, 1.165) is 0 Å². The number of hydrogen-bond donors (Lipinski definition) is 3. The largest absolute Gasteiger partial charge is 0.394 e. The van der Waals surface area contributed by atoms with Crippen LogP contribution in [0.1, 0.15) is 13.8 Å². The first-order valence-corrected chi connectivity index (χ1v) is 4.17. The number of carbonyl (C=O) groups excluding carboxylic acids is 1. The Balaban J connectivity index is -0.000000150. The topological polar surface area (TPSA) is 145 Å². The molecule has 0 rings (SSSR count). The molecule has 5 N–H and O–H groups in total. The first kappa shape index (κ1) is 18.1. The smallest absolute Gasteiger partial charge is 0.344 e. The minimum absolute atomic E-state index is 0. The van der Waals surface area contributed by atoms with Crippen molar-refractivity contribution in [3.8, 4) is 0 Å². The highest BCUT2D eigenvalue weighted by Gasteiger charge is 1.87. The summed E-state index contributed by atoms with van der Waals surface area (Å²) in [5.41, 5.74) is 0. The fourth-order valence-corrected chi connectivity index (χ4v) is 0.142. The first-order chi connectivity index (χ1) is 5.27. The first-order valence-electron chi connectivity index (χ1n) is 2.77. The molecule has 0 fully saturated rings. The van der Waals surface area contributed by atoms with Gasteiger partial charge >= 0.3 is 16.4 Å². The summed E-state index contributed by atoms with van der Waals surface area (Å²) in [6.07, 6.45) is 0. The highest BCUT2D eigenvalue weighted by Crippen LogP contribution is 1.75. The second-order valence-electron chi connectivity index (χ2n) is 1.43. The van der Waals surface area contributed by atoms with Gasteiger partial charge in [0.1, 0.15) is 0 Å². The molecule has 0 radical (unpaired) electrons. The van der Waals surface area contributed by atoms with Gasteiger partial charge < -0.3 is 6.15 Å². The molecule has 0 amide bonds. The highest BCUT2D eigenvalue weighted by molar-refractivity contribution is 7.79. The molecule has 0 aliphatic rings. The molecule has 0 aliphatic heterocycles. The molecule has 0 bridgehead atoms. The van der Waals surface area contributed by atoms with Crippen LogP contribution in [-0.2, 0) is 25.0 Å². The standard InChI is InChI=1S/C4H8O3.H3N.H2O4S/c1-3-6-7-4(2)5;;1-5(2,3)4/h3H2,1-2H3;1H3;(H2,1,2,3,4). The zero-order valence-corrected chi connectivity index (χ0v) is 8.07. The maximum atomic E-state index is 9.86. The second kappa shape index (κ2) is 9.35. The SMILES string of the molecule is CCOOC(C)=O.N.O=S(=O)(O)O. The van der Waals surface area contributed by atoms with Gasteiger partial charge in [0.25, 0.3) is 0 Å². The van der Waals surface area contributed by atoms with Crippen molar-refractivity contribution in [1.82, 2.24) is 6.15 Å². The molecule has 13 heavy (non-hydrogen) atoms. The van der Waals surface area contributed by atoms with Crippen molar-refractivity contribution in [2.24, 2.45) is 0 Å². The Morgan fingerprint density at radius 2 is 1.69 bits per heavy atom. The highest BCUT2D eigenvalue weighted by atomic mass is 32.3. The average molecular weight is 219 g/mol. The summed E-state index contributed by atoms with van der Waals surface area (Å²) < 4.78 is 31.6. The molecule has 82 valence electrons. The third-order valence-electron chi connectivity index (χ3n) is 0.294. The molecule has 0 aromatic carbocycles. The van der Waals surface area contributed by atoms with Crippen molar-refractivity contribution < 1.29 is 32.1 Å². The van der Waals surface area contributed by atoms with Crippen LogP contribution in [0.15, 0.2) is 0 Å². The lowest BCUT2D eigenvalue weighted by molar-refractivity contribution is -0.267. The molecule has 0 atom stereocenters. The van der Waals surface area contributed by atoms with E-state index in [1.807, 2.05) is 0 Å². The molecule has 0 heterocycles. The third-order valence-corrected chi connectivity index (χ3v) is 0.294. The molecule has 0 saturated heterocycles. The maximum absolute atomic E-state index is 9.86. The van der Waals surface area contributed by atoms with Gasteiger partial charge in [-0.05, 0) is 6.92 Å². The summed E-state index contributed by atoms with van der Waals surface area (Å²) in [7, 11) is -4.67. The van der Waals surface area contributed by atoms with E-state index in [2.05, 4.69) is 9.78 Å². The number of hydrogen-bond acceptors (Lipinski definition) is 6. The lowest BCUT2D eigenvalue weighted by atomic mass is 10.8. The second-order valence-corrected chi connectivity index (χ2v) is 2.32. The van der Waals surface area contributed by atoms with Gasteiger partial charge in [0.2, 0.25) is 0 Å². The van der Waals surface area contributed by atoms with E-state index in [4.69, 9.17) is 17.5 Å². The predicted molar refractivity (Wildman–Crippen MR) is 42.6 cm³/mol. The van der Waals surface area contributed by atoms with Gasteiger partial charge in [0, 0.05) is 6.92 Å². The fraction of sp³-hybridized carbons (Fsp3) is 0.750. The van der Waals surface area contributed by atoms with Gasteiger partial charge in [0.05, 0.1) is 6.61 Å². The Morgan fingerprint density at radius 1 is 1.38 bits per heavy atom. The number of carbonyl (C=O) groups is 1. The van der Waals surface area contributed by atoms with Crippen molar-refractivity contribution in [3.63, 3.8) is 0 Å². The van der Waals surface area contributed by atoms with Crippen molar-refractivity contribution in [3.05, 3.63) is 0 Å². The van der Waals surface area contributed by atoms with Gasteiger partial charge in [-0.2, -0.15) is 13.3 Å². The van der Waals surface area contributed by atoms with Gasteiger partial charge in [-0.1, -0.05) is 0 Å². The molecule has 9 heteroatoms. The van der Waals surface area contributed by atoms with Crippen molar-refractivity contribution in [1.29, 1.82) is 0 Å². The molecule has 0 unspecified atom stereocenters. The van der Waals surface area contributed by atoms with Crippen LogP contribution in [0.25, 0.3) is 0 Å². The Bertz CT molecular complexity index is 203. The molecule has 0 aromatic heterocycles. The van der Waals surface area contributed by atoms with E-state index in [0.29, 0.717) is 6.61 Å². The van der Waals surface area contributed by atoms with Crippen LogP contribution in [-0.4, -0.2) is 30.1 Å². The summed E-state index contributed by atoms with van der Waals surface area (Å²) in [5, 5.41) is 0. The summed E-state index contributed by atoms with van der Waals surface area (Å²) in [4.78, 5) is 18.2. The zero-order chi connectivity index (χ0) is 10.2. The average Bonchev–Trinajstić information content (AvgIpc) is 1.79. The van der Waals surface area contributed by atoms with Crippen LogP contribution in [0, 0.1) is 0 Å². The quantitative estimate of drug-likeness (QED) is 0.334.